The van der Waals surface area contributed by atoms with Crippen LogP contribution in [0.4, 0.5) is 5.69 Å². The van der Waals surface area contributed by atoms with Crippen LogP contribution in [0.15, 0.2) is 37.9 Å². The van der Waals surface area contributed by atoms with E-state index >= 15 is 0 Å². The molecule has 14 heteroatoms. The lowest BCUT2D eigenvalue weighted by atomic mass is 10.3. The summed E-state index contributed by atoms with van der Waals surface area (Å²) in [6.45, 7) is 0. The molecule has 1 aromatic carbocycles. The molecule has 124 valence electrons. The van der Waals surface area contributed by atoms with E-state index in [2.05, 4.69) is 9.50 Å². The highest BCUT2D eigenvalue weighted by atomic mass is 32.2. The first-order chi connectivity index (χ1) is 10.5. The van der Waals surface area contributed by atoms with Crippen LogP contribution in [0.3, 0.4) is 0 Å². The van der Waals surface area contributed by atoms with Gasteiger partial charge in [0.25, 0.3) is 25.7 Å². The third-order valence-corrected chi connectivity index (χ3v) is 6.21. The summed E-state index contributed by atoms with van der Waals surface area (Å²) in [7, 11) is -7.31. The Morgan fingerprint density at radius 3 is 2.43 bits per heavy atom. The fourth-order valence-electron chi connectivity index (χ4n) is 1.50. The van der Waals surface area contributed by atoms with Crippen molar-refractivity contribution in [1.82, 2.24) is 9.78 Å². The van der Waals surface area contributed by atoms with Crippen molar-refractivity contribution < 1.29 is 21.8 Å². The Hall–Kier alpha value is -2.16. The van der Waals surface area contributed by atoms with Gasteiger partial charge in [-0.05, 0) is 6.07 Å². The average Bonchev–Trinajstić information content (AvgIpc) is 2.79. The monoisotopic (exact) mass is 379 g/mol. The number of primary sulfonamides is 1. The Bertz CT molecular complexity index is 1050. The van der Waals surface area contributed by atoms with Gasteiger partial charge in [-0.15, -0.1) is 9.50 Å². The third kappa shape index (κ3) is 3.61. The molecule has 2 aromatic rings. The summed E-state index contributed by atoms with van der Waals surface area (Å²) in [5.74, 6) is 0. The van der Waals surface area contributed by atoms with Gasteiger partial charge in [0.05, 0.1) is 4.92 Å². The second-order valence-electron chi connectivity index (χ2n) is 4.11. The molecule has 0 aliphatic carbocycles. The predicted molar refractivity (Wildman–Crippen MR) is 78.3 cm³/mol. The number of nitrogens with zero attached hydrogens (tertiary/aromatic N) is 4. The highest BCUT2D eigenvalue weighted by Gasteiger charge is 2.25. The van der Waals surface area contributed by atoms with Crippen LogP contribution < -0.4 is 9.94 Å². The molecule has 0 amide bonds. The fourth-order valence-corrected chi connectivity index (χ4v) is 4.44. The number of nitro groups is 1. The van der Waals surface area contributed by atoms with Gasteiger partial charge in [0, 0.05) is 13.1 Å². The van der Waals surface area contributed by atoms with Crippen LogP contribution in [-0.2, 0) is 27.1 Å². The van der Waals surface area contributed by atoms with Crippen molar-refractivity contribution in [2.45, 2.75) is 9.24 Å². The van der Waals surface area contributed by atoms with E-state index in [1.165, 1.54) is 19.2 Å². The smallest absolute Gasteiger partial charge is 0.258 e. The standard InChI is InChI=1S/C9H9N5O6S3/c1-13-8(21-9(11-13)22(10,17)18)12-23(19,20)7-5-3-2-4-6(7)14(15)16/h2-5H,1H3,(H2,10,17,18)/b12-8+. The van der Waals surface area contributed by atoms with Crippen molar-refractivity contribution in [2.75, 3.05) is 0 Å². The first-order valence-corrected chi connectivity index (χ1v) is 9.44. The van der Waals surface area contributed by atoms with E-state index in [4.69, 9.17) is 5.14 Å². The third-order valence-electron chi connectivity index (χ3n) is 2.47. The van der Waals surface area contributed by atoms with E-state index < -0.39 is 39.9 Å². The van der Waals surface area contributed by atoms with Crippen LogP contribution in [0.5, 0.6) is 0 Å². The minimum absolute atomic E-state index is 0.299. The van der Waals surface area contributed by atoms with Crippen LogP contribution in [-0.4, -0.2) is 31.5 Å². The lowest BCUT2D eigenvalue weighted by molar-refractivity contribution is -0.387. The van der Waals surface area contributed by atoms with Crippen molar-refractivity contribution in [1.29, 1.82) is 0 Å². The van der Waals surface area contributed by atoms with E-state index in [1.54, 1.807) is 0 Å². The molecule has 23 heavy (non-hydrogen) atoms. The Labute approximate surface area is 134 Å². The van der Waals surface area contributed by atoms with Crippen molar-refractivity contribution in [2.24, 2.45) is 16.6 Å². The molecule has 0 aliphatic heterocycles. The Balaban J connectivity index is 2.68. The number of benzene rings is 1. The maximum atomic E-state index is 12.3. The van der Waals surface area contributed by atoms with Gasteiger partial charge >= 0.3 is 0 Å². The molecule has 0 bridgehead atoms. The molecule has 0 fully saturated rings. The van der Waals surface area contributed by atoms with Gasteiger partial charge < -0.3 is 0 Å². The predicted octanol–water partition coefficient (Wildman–Crippen LogP) is -0.673. The Morgan fingerprint density at radius 1 is 1.30 bits per heavy atom. The number of nitrogens with two attached hydrogens (primary N) is 1. The van der Waals surface area contributed by atoms with Gasteiger partial charge in [-0.25, -0.2) is 18.2 Å². The Kier molecular flexibility index (Phi) is 4.34. The highest BCUT2D eigenvalue weighted by molar-refractivity contribution is 7.91. The Morgan fingerprint density at radius 2 is 1.91 bits per heavy atom. The maximum Gasteiger partial charge on any atom is 0.291 e. The number of hydrogen-bond donors (Lipinski definition) is 1. The number of para-hydroxylation sites is 1. The lowest BCUT2D eigenvalue weighted by Gasteiger charge is -1.99. The van der Waals surface area contributed by atoms with Gasteiger partial charge in [0.1, 0.15) is 0 Å². The van der Waals surface area contributed by atoms with Crippen LogP contribution in [0, 0.1) is 10.1 Å². The molecule has 0 atom stereocenters. The molecule has 0 saturated heterocycles. The van der Waals surface area contributed by atoms with Crippen molar-refractivity contribution in [3.63, 3.8) is 0 Å². The SMILES string of the molecule is Cn1nc(S(N)(=O)=O)s/c1=N/S(=O)(=O)c1ccccc1[N+](=O)[O-]. The first-order valence-electron chi connectivity index (χ1n) is 5.64. The number of hydrogen-bond acceptors (Lipinski definition) is 8. The number of sulfonamides is 2. The maximum absolute atomic E-state index is 12.3. The number of nitro benzene ring substituents is 1. The normalized spacial score (nSPS) is 13.2. The molecular weight excluding hydrogens is 370 g/mol. The summed E-state index contributed by atoms with van der Waals surface area (Å²) < 4.78 is 50.7. The lowest BCUT2D eigenvalue weighted by Crippen LogP contribution is -2.15. The first kappa shape index (κ1) is 17.2. The number of aromatic nitrogens is 2. The molecule has 0 radical (unpaired) electrons. The minimum Gasteiger partial charge on any atom is -0.258 e. The average molecular weight is 379 g/mol. The topological polar surface area (TPSA) is 168 Å². The molecule has 0 aliphatic rings. The van der Waals surface area contributed by atoms with Crippen LogP contribution in [0.25, 0.3) is 0 Å². The summed E-state index contributed by atoms with van der Waals surface area (Å²) in [5.41, 5.74) is -0.643. The molecule has 1 heterocycles. The minimum atomic E-state index is -4.45. The molecule has 2 N–H and O–H groups in total. The van der Waals surface area contributed by atoms with E-state index in [0.717, 1.165) is 16.8 Å². The molecular formula is C9H9N5O6S3. The van der Waals surface area contributed by atoms with Gasteiger partial charge in [0.2, 0.25) is 9.14 Å². The summed E-state index contributed by atoms with van der Waals surface area (Å²) in [4.78, 5) is 9.14. The molecule has 0 unspecified atom stereocenters. The van der Waals surface area contributed by atoms with E-state index in [0.29, 0.717) is 11.3 Å². The van der Waals surface area contributed by atoms with Crippen molar-refractivity contribution >= 4 is 37.1 Å². The molecule has 2 rings (SSSR count). The van der Waals surface area contributed by atoms with Crippen molar-refractivity contribution in [3.8, 4) is 0 Å². The second-order valence-corrected chi connectivity index (χ2v) is 8.37. The van der Waals surface area contributed by atoms with E-state index in [9.17, 15) is 26.9 Å². The largest absolute Gasteiger partial charge is 0.291 e. The summed E-state index contributed by atoms with van der Waals surface area (Å²) in [6.07, 6.45) is 0. The van der Waals surface area contributed by atoms with E-state index in [1.807, 2.05) is 0 Å². The molecule has 0 saturated carbocycles. The summed E-state index contributed by atoms with van der Waals surface area (Å²) >= 11 is 0.425. The van der Waals surface area contributed by atoms with Gasteiger partial charge in [-0.1, -0.05) is 23.5 Å². The second kappa shape index (κ2) is 5.80. The highest BCUT2D eigenvalue weighted by Crippen LogP contribution is 2.24. The van der Waals surface area contributed by atoms with Crippen molar-refractivity contribution in [3.05, 3.63) is 39.2 Å². The zero-order valence-corrected chi connectivity index (χ0v) is 13.8. The zero-order chi connectivity index (χ0) is 17.4. The number of aryl methyl sites for hydroxylation is 1. The molecule has 1 aromatic heterocycles. The number of rotatable bonds is 4. The quantitative estimate of drug-likeness (QED) is 0.542. The molecule has 11 nitrogen and oxygen atoms in total. The van der Waals surface area contributed by atoms with Gasteiger partial charge in [0.15, 0.2) is 4.90 Å². The molecule has 0 spiro atoms. The van der Waals surface area contributed by atoms with Gasteiger partial charge in [-0.3, -0.25) is 10.1 Å². The van der Waals surface area contributed by atoms with Crippen LogP contribution >= 0.6 is 11.3 Å². The van der Waals surface area contributed by atoms with Crippen LogP contribution in [0.1, 0.15) is 0 Å². The van der Waals surface area contributed by atoms with Gasteiger partial charge in [-0.2, -0.15) is 8.42 Å². The van der Waals surface area contributed by atoms with E-state index in [-0.39, 0.29) is 4.80 Å². The fraction of sp³-hybridized carbons (Fsp3) is 0.111. The van der Waals surface area contributed by atoms with Crippen LogP contribution in [0.2, 0.25) is 0 Å². The summed E-state index contributed by atoms with van der Waals surface area (Å²) in [6, 6.07) is 4.66. The zero-order valence-electron chi connectivity index (χ0n) is 11.3. The summed E-state index contributed by atoms with van der Waals surface area (Å²) in [5, 5.41) is 19.4.